The Labute approximate surface area is 134 Å². The number of rotatable bonds is 5. The highest BCUT2D eigenvalue weighted by Gasteiger charge is 2.30. The van der Waals surface area contributed by atoms with Crippen LogP contribution >= 0.6 is 0 Å². The molecule has 0 aliphatic heterocycles. The van der Waals surface area contributed by atoms with Gasteiger partial charge in [0.2, 0.25) is 6.04 Å². The molecule has 2 rings (SSSR count). The Bertz CT molecular complexity index is 683. The monoisotopic (exact) mass is 310 g/mol. The largest absolute Gasteiger partial charge is 0.467 e. The molecule has 0 atom stereocenters. The van der Waals surface area contributed by atoms with Crippen LogP contribution in [-0.4, -0.2) is 37.9 Å². The summed E-state index contributed by atoms with van der Waals surface area (Å²) >= 11 is 0. The number of nitrogens with zero attached hydrogens (tertiary/aromatic N) is 1. The zero-order chi connectivity index (χ0) is 16.7. The lowest BCUT2D eigenvalue weighted by atomic mass is 9.99. The number of allylic oxidation sites excluding steroid dienone is 6. The Balaban J connectivity index is 2.53. The van der Waals surface area contributed by atoms with E-state index in [1.807, 2.05) is 36.4 Å². The standard InChI is InChI=1S/C18H16NO4/c1-22-17(20)16(18(21)23-2)19-15(13-9-5-3-6-10-13)14-11-7-4-8-12-14/h3-7,9-12,16H,1-2H3/q+1. The van der Waals surface area contributed by atoms with Crippen molar-refractivity contribution in [3.63, 3.8) is 0 Å². The van der Waals surface area contributed by atoms with Crippen LogP contribution in [0.1, 0.15) is 5.56 Å². The lowest BCUT2D eigenvalue weighted by Gasteiger charge is -2.11. The van der Waals surface area contributed by atoms with Gasteiger partial charge in [0.25, 0.3) is 0 Å². The van der Waals surface area contributed by atoms with Gasteiger partial charge >= 0.3 is 11.9 Å². The molecule has 1 aliphatic carbocycles. The van der Waals surface area contributed by atoms with Crippen molar-refractivity contribution in [2.75, 3.05) is 14.2 Å². The van der Waals surface area contributed by atoms with E-state index in [1.165, 1.54) is 14.2 Å². The summed E-state index contributed by atoms with van der Waals surface area (Å²) in [6.45, 7) is 0. The number of carbonyl (C=O) groups excluding carboxylic acids is 2. The smallest absolute Gasteiger partial charge is 0.342 e. The summed E-state index contributed by atoms with van der Waals surface area (Å²) in [6, 6.07) is 7.89. The van der Waals surface area contributed by atoms with E-state index in [9.17, 15) is 9.59 Å². The van der Waals surface area contributed by atoms with E-state index in [2.05, 4.69) is 20.5 Å². The Kier molecular flexibility index (Phi) is 5.56. The van der Waals surface area contributed by atoms with Crippen LogP contribution in [0.15, 0.2) is 65.2 Å². The average Bonchev–Trinajstić information content (AvgIpc) is 2.63. The van der Waals surface area contributed by atoms with Gasteiger partial charge in [0.15, 0.2) is 0 Å². The van der Waals surface area contributed by atoms with E-state index in [0.29, 0.717) is 5.71 Å². The summed E-state index contributed by atoms with van der Waals surface area (Å²) < 4.78 is 9.31. The molecule has 0 saturated heterocycles. The fraction of sp³-hybridized carbons (Fsp3) is 0.167. The lowest BCUT2D eigenvalue weighted by Crippen LogP contribution is -2.32. The highest BCUT2D eigenvalue weighted by atomic mass is 16.5. The maximum absolute atomic E-state index is 11.9. The van der Waals surface area contributed by atoms with Crippen molar-refractivity contribution in [1.29, 1.82) is 0 Å². The summed E-state index contributed by atoms with van der Waals surface area (Å²) in [6.07, 6.45) is 10.1. The van der Waals surface area contributed by atoms with Crippen molar-refractivity contribution in [1.82, 2.24) is 0 Å². The molecule has 0 spiro atoms. The molecule has 0 saturated carbocycles. The molecule has 0 heterocycles. The fourth-order valence-corrected chi connectivity index (χ4v) is 2.01. The van der Waals surface area contributed by atoms with Crippen LogP contribution in [0.25, 0.3) is 0 Å². The number of benzene rings is 1. The van der Waals surface area contributed by atoms with Gasteiger partial charge in [-0.05, 0) is 0 Å². The SMILES string of the molecule is COC(=O)C(N=C(C1=CC=C[C+]=C1)c1ccccc1)C(=O)OC. The predicted octanol–water partition coefficient (Wildman–Crippen LogP) is 2.05. The Morgan fingerprint density at radius 2 is 1.74 bits per heavy atom. The number of carbonyl (C=O) groups is 2. The van der Waals surface area contributed by atoms with Crippen LogP contribution in [0.5, 0.6) is 0 Å². The second-order valence-electron chi connectivity index (χ2n) is 4.58. The van der Waals surface area contributed by atoms with Gasteiger partial charge in [0.1, 0.15) is 23.4 Å². The van der Waals surface area contributed by atoms with E-state index >= 15 is 0 Å². The lowest BCUT2D eigenvalue weighted by molar-refractivity contribution is -0.153. The van der Waals surface area contributed by atoms with Gasteiger partial charge in [0.05, 0.1) is 20.3 Å². The first kappa shape index (κ1) is 16.3. The Morgan fingerprint density at radius 1 is 1.09 bits per heavy atom. The average molecular weight is 310 g/mol. The summed E-state index contributed by atoms with van der Waals surface area (Å²) in [4.78, 5) is 28.1. The van der Waals surface area contributed by atoms with Crippen molar-refractivity contribution >= 4 is 17.7 Å². The second kappa shape index (κ2) is 7.82. The summed E-state index contributed by atoms with van der Waals surface area (Å²) in [7, 11) is 2.40. The number of hydrogen-bond donors (Lipinski definition) is 0. The van der Waals surface area contributed by atoms with Crippen LogP contribution in [0.3, 0.4) is 0 Å². The number of methoxy groups -OCH3 is 2. The summed E-state index contributed by atoms with van der Waals surface area (Å²) in [5.41, 5.74) is 1.99. The molecule has 5 nitrogen and oxygen atoms in total. The van der Waals surface area contributed by atoms with E-state index in [4.69, 9.17) is 0 Å². The molecule has 0 bridgehead atoms. The first-order chi connectivity index (χ1) is 11.2. The summed E-state index contributed by atoms with van der Waals surface area (Å²) in [5, 5.41) is 0. The van der Waals surface area contributed by atoms with E-state index in [0.717, 1.165) is 11.1 Å². The number of hydrogen-bond acceptors (Lipinski definition) is 5. The molecule has 0 N–H and O–H groups in total. The third kappa shape index (κ3) is 3.99. The molecule has 5 heteroatoms. The molecule has 0 unspecified atom stereocenters. The van der Waals surface area contributed by atoms with E-state index < -0.39 is 18.0 Å². The van der Waals surface area contributed by atoms with Crippen LogP contribution in [-0.2, 0) is 19.1 Å². The zero-order valence-corrected chi connectivity index (χ0v) is 12.9. The van der Waals surface area contributed by atoms with Crippen molar-refractivity contribution in [3.8, 4) is 0 Å². The van der Waals surface area contributed by atoms with Crippen LogP contribution in [0, 0.1) is 6.08 Å². The molecule has 1 aromatic rings. The first-order valence-corrected chi connectivity index (χ1v) is 6.92. The van der Waals surface area contributed by atoms with E-state index in [1.54, 1.807) is 18.2 Å². The minimum absolute atomic E-state index is 0.489. The zero-order valence-electron chi connectivity index (χ0n) is 12.9. The first-order valence-electron chi connectivity index (χ1n) is 6.92. The molecule has 0 amide bonds. The summed E-state index contributed by atoms with van der Waals surface area (Å²) in [5.74, 6) is -1.55. The van der Waals surface area contributed by atoms with Crippen LogP contribution < -0.4 is 0 Å². The van der Waals surface area contributed by atoms with Gasteiger partial charge in [0, 0.05) is 17.7 Å². The molecule has 116 valence electrons. The predicted molar refractivity (Wildman–Crippen MR) is 85.8 cm³/mol. The number of aliphatic imine (C=N–C) groups is 1. The maximum Gasteiger partial charge on any atom is 0.342 e. The van der Waals surface area contributed by atoms with Gasteiger partial charge < -0.3 is 9.47 Å². The minimum Gasteiger partial charge on any atom is -0.467 e. The van der Waals surface area contributed by atoms with Crippen molar-refractivity contribution < 1.29 is 19.1 Å². The third-order valence-electron chi connectivity index (χ3n) is 3.13. The molecule has 0 fully saturated rings. The van der Waals surface area contributed by atoms with Gasteiger partial charge in [-0.3, -0.25) is 0 Å². The number of esters is 2. The van der Waals surface area contributed by atoms with Crippen molar-refractivity contribution in [3.05, 3.63) is 71.8 Å². The van der Waals surface area contributed by atoms with Gasteiger partial charge in [-0.2, -0.15) is 0 Å². The third-order valence-corrected chi connectivity index (χ3v) is 3.13. The van der Waals surface area contributed by atoms with Gasteiger partial charge in [-0.1, -0.05) is 30.3 Å². The molecule has 23 heavy (non-hydrogen) atoms. The number of ether oxygens (including phenoxy) is 2. The molecule has 1 aliphatic rings. The Morgan fingerprint density at radius 3 is 2.26 bits per heavy atom. The maximum atomic E-state index is 11.9. The normalized spacial score (nSPS) is 13.3. The van der Waals surface area contributed by atoms with Crippen molar-refractivity contribution in [2.24, 2.45) is 4.99 Å². The molecular formula is C18H16NO4+. The molecule has 0 radical (unpaired) electrons. The Hall–Kier alpha value is -3.04. The van der Waals surface area contributed by atoms with Crippen LogP contribution in [0.2, 0.25) is 0 Å². The van der Waals surface area contributed by atoms with Gasteiger partial charge in [-0.25, -0.2) is 14.6 Å². The highest BCUT2D eigenvalue weighted by Crippen LogP contribution is 2.16. The van der Waals surface area contributed by atoms with Gasteiger partial charge in [-0.15, -0.1) is 0 Å². The van der Waals surface area contributed by atoms with E-state index in [-0.39, 0.29) is 0 Å². The quantitative estimate of drug-likeness (QED) is 0.361. The highest BCUT2D eigenvalue weighted by molar-refractivity contribution is 6.16. The molecule has 0 aromatic heterocycles. The van der Waals surface area contributed by atoms with Crippen LogP contribution in [0.4, 0.5) is 0 Å². The topological polar surface area (TPSA) is 65.0 Å². The second-order valence-corrected chi connectivity index (χ2v) is 4.58. The van der Waals surface area contributed by atoms with Crippen molar-refractivity contribution in [2.45, 2.75) is 6.04 Å². The molecular weight excluding hydrogens is 294 g/mol. The molecule has 1 aromatic carbocycles. The minimum atomic E-state index is -1.37. The fourth-order valence-electron chi connectivity index (χ4n) is 2.01.